The number of carbonyl (C=O) groups is 1. The summed E-state index contributed by atoms with van der Waals surface area (Å²) in [6.07, 6.45) is 3.69. The minimum Gasteiger partial charge on any atom is -0.467 e. The molecule has 5 heteroatoms. The number of esters is 1. The summed E-state index contributed by atoms with van der Waals surface area (Å²) >= 11 is 0. The molecule has 0 fully saturated rings. The minimum absolute atomic E-state index is 0.0389. The second-order valence-corrected chi connectivity index (χ2v) is 6.84. The molecule has 3 heterocycles. The van der Waals surface area contributed by atoms with Crippen LogP contribution in [0.25, 0.3) is 10.9 Å². The summed E-state index contributed by atoms with van der Waals surface area (Å²) < 4.78 is 7.34. The second-order valence-electron chi connectivity index (χ2n) is 6.84. The van der Waals surface area contributed by atoms with E-state index in [4.69, 9.17) is 4.74 Å². The van der Waals surface area contributed by atoms with E-state index in [1.807, 2.05) is 19.1 Å². The standard InChI is InChI=1S/C20H24N2O3/c1-3-12(11-23)15-10-16-18-14(8-9-21-16)13-6-4-5-7-17(13)22(18)19(15)20(24)25-2/h3-7,15-16,19,21,23H,8-11H2,1-2H3/b12-3+. The molecule has 5 nitrogen and oxygen atoms in total. The maximum absolute atomic E-state index is 12.8. The monoisotopic (exact) mass is 340 g/mol. The molecule has 2 aliphatic rings. The van der Waals surface area contributed by atoms with Gasteiger partial charge in [-0.3, -0.25) is 0 Å². The van der Waals surface area contributed by atoms with Crippen LogP contribution in [0.3, 0.4) is 0 Å². The smallest absolute Gasteiger partial charge is 0.329 e. The maximum Gasteiger partial charge on any atom is 0.329 e. The predicted molar refractivity (Wildman–Crippen MR) is 96.4 cm³/mol. The molecule has 1 aromatic carbocycles. The number of rotatable bonds is 3. The number of para-hydroxylation sites is 1. The van der Waals surface area contributed by atoms with Crippen molar-refractivity contribution >= 4 is 16.9 Å². The summed E-state index contributed by atoms with van der Waals surface area (Å²) in [5.74, 6) is -0.320. The number of methoxy groups -OCH3 is 1. The highest BCUT2D eigenvalue weighted by Crippen LogP contribution is 2.47. The van der Waals surface area contributed by atoms with Crippen LogP contribution in [0.1, 0.15) is 36.7 Å². The molecule has 0 radical (unpaired) electrons. The first-order valence-corrected chi connectivity index (χ1v) is 8.90. The lowest BCUT2D eigenvalue weighted by atomic mass is 9.79. The zero-order valence-corrected chi connectivity index (χ0v) is 14.7. The topological polar surface area (TPSA) is 63.5 Å². The largest absolute Gasteiger partial charge is 0.467 e. The van der Waals surface area contributed by atoms with Crippen molar-refractivity contribution in [2.75, 3.05) is 20.3 Å². The van der Waals surface area contributed by atoms with E-state index in [9.17, 15) is 9.90 Å². The summed E-state index contributed by atoms with van der Waals surface area (Å²) in [6.45, 7) is 2.82. The minimum atomic E-state index is -0.437. The van der Waals surface area contributed by atoms with Crippen molar-refractivity contribution in [1.29, 1.82) is 0 Å². The predicted octanol–water partition coefficient (Wildman–Crippen LogP) is 2.50. The van der Waals surface area contributed by atoms with Crippen LogP contribution in [-0.2, 0) is 16.0 Å². The van der Waals surface area contributed by atoms with Crippen LogP contribution in [0.5, 0.6) is 0 Å². The lowest BCUT2D eigenvalue weighted by molar-refractivity contribution is -0.146. The third-order valence-electron chi connectivity index (χ3n) is 5.77. The van der Waals surface area contributed by atoms with Gasteiger partial charge in [-0.1, -0.05) is 24.3 Å². The molecule has 2 N–H and O–H groups in total. The summed E-state index contributed by atoms with van der Waals surface area (Å²) in [5, 5.41) is 14.7. The highest BCUT2D eigenvalue weighted by molar-refractivity contribution is 5.89. The van der Waals surface area contributed by atoms with Crippen LogP contribution < -0.4 is 5.32 Å². The molecule has 0 amide bonds. The Kier molecular flexibility index (Phi) is 4.13. The van der Waals surface area contributed by atoms with E-state index < -0.39 is 6.04 Å². The fraction of sp³-hybridized carbons (Fsp3) is 0.450. The molecule has 2 aliphatic heterocycles. The Hall–Kier alpha value is -2.11. The van der Waals surface area contributed by atoms with E-state index in [1.165, 1.54) is 23.8 Å². The van der Waals surface area contributed by atoms with Gasteiger partial charge in [-0.2, -0.15) is 0 Å². The number of benzene rings is 1. The summed E-state index contributed by atoms with van der Waals surface area (Å²) in [5.41, 5.74) is 4.53. The number of allylic oxidation sites excluding steroid dienone is 1. The molecule has 0 bridgehead atoms. The molecule has 1 aromatic heterocycles. The fourth-order valence-electron chi connectivity index (χ4n) is 4.69. The van der Waals surface area contributed by atoms with Gasteiger partial charge < -0.3 is 19.7 Å². The van der Waals surface area contributed by atoms with Crippen molar-refractivity contribution in [1.82, 2.24) is 9.88 Å². The molecular weight excluding hydrogens is 316 g/mol. The van der Waals surface area contributed by atoms with Crippen molar-refractivity contribution in [2.45, 2.75) is 31.8 Å². The van der Waals surface area contributed by atoms with Gasteiger partial charge in [-0.25, -0.2) is 4.79 Å². The number of aromatic nitrogens is 1. The van der Waals surface area contributed by atoms with Crippen molar-refractivity contribution in [3.8, 4) is 0 Å². The molecule has 0 spiro atoms. The lowest BCUT2D eigenvalue weighted by Crippen LogP contribution is -2.43. The molecule has 0 aliphatic carbocycles. The third-order valence-corrected chi connectivity index (χ3v) is 5.77. The second kappa shape index (κ2) is 6.32. The molecule has 25 heavy (non-hydrogen) atoms. The van der Waals surface area contributed by atoms with Gasteiger partial charge in [0, 0.05) is 28.6 Å². The summed E-state index contributed by atoms with van der Waals surface area (Å²) in [4.78, 5) is 12.8. The highest BCUT2D eigenvalue weighted by Gasteiger charge is 2.44. The molecule has 3 unspecified atom stereocenters. The summed E-state index contributed by atoms with van der Waals surface area (Å²) in [6, 6.07) is 8.05. The Balaban J connectivity index is 2.01. The van der Waals surface area contributed by atoms with Crippen LogP contribution >= 0.6 is 0 Å². The number of ether oxygens (including phenoxy) is 1. The number of carbonyl (C=O) groups excluding carboxylic acids is 1. The molecule has 0 saturated heterocycles. The van der Waals surface area contributed by atoms with Crippen molar-refractivity contribution in [3.63, 3.8) is 0 Å². The third kappa shape index (κ3) is 2.34. The highest BCUT2D eigenvalue weighted by atomic mass is 16.5. The van der Waals surface area contributed by atoms with Crippen LogP contribution in [-0.4, -0.2) is 35.9 Å². The number of hydrogen-bond donors (Lipinski definition) is 2. The van der Waals surface area contributed by atoms with E-state index in [0.29, 0.717) is 0 Å². The van der Waals surface area contributed by atoms with E-state index in [2.05, 4.69) is 28.1 Å². The Morgan fingerprint density at radius 1 is 1.44 bits per heavy atom. The first-order chi connectivity index (χ1) is 12.2. The Labute approximate surface area is 147 Å². The molecule has 0 saturated carbocycles. The normalized spacial score (nSPS) is 25.7. The molecule has 4 rings (SSSR count). The quantitative estimate of drug-likeness (QED) is 0.666. The Morgan fingerprint density at radius 2 is 2.24 bits per heavy atom. The number of hydrogen-bond acceptors (Lipinski definition) is 4. The number of fused-ring (bicyclic) bond motifs is 3. The number of nitrogens with zero attached hydrogens (tertiary/aromatic N) is 1. The Bertz CT molecular complexity index is 852. The van der Waals surface area contributed by atoms with Crippen LogP contribution in [0.4, 0.5) is 0 Å². The zero-order chi connectivity index (χ0) is 17.6. The van der Waals surface area contributed by atoms with E-state index >= 15 is 0 Å². The lowest BCUT2D eigenvalue weighted by Gasteiger charge is -2.40. The average Bonchev–Trinajstić information content (AvgIpc) is 2.99. The van der Waals surface area contributed by atoms with E-state index in [0.717, 1.165) is 30.5 Å². The molecular formula is C20H24N2O3. The van der Waals surface area contributed by atoms with E-state index in [1.54, 1.807) is 0 Å². The average molecular weight is 340 g/mol. The summed E-state index contributed by atoms with van der Waals surface area (Å²) in [7, 11) is 1.44. The SMILES string of the molecule is C/C=C(\CO)C1CC2NCCc3c2n(c2ccccc32)C1C(=O)OC. The first-order valence-electron chi connectivity index (χ1n) is 8.90. The van der Waals surface area contributed by atoms with Crippen LogP contribution in [0.2, 0.25) is 0 Å². The van der Waals surface area contributed by atoms with E-state index in [-0.39, 0.29) is 24.5 Å². The van der Waals surface area contributed by atoms with Crippen LogP contribution in [0.15, 0.2) is 35.9 Å². The van der Waals surface area contributed by atoms with Gasteiger partial charge in [0.15, 0.2) is 0 Å². The van der Waals surface area contributed by atoms with Gasteiger partial charge in [0.25, 0.3) is 0 Å². The van der Waals surface area contributed by atoms with Crippen molar-refractivity contribution in [3.05, 3.63) is 47.2 Å². The fourth-order valence-corrected chi connectivity index (χ4v) is 4.69. The van der Waals surface area contributed by atoms with Crippen LogP contribution in [0, 0.1) is 5.92 Å². The van der Waals surface area contributed by atoms with Gasteiger partial charge in [0.05, 0.1) is 13.7 Å². The van der Waals surface area contributed by atoms with Gasteiger partial charge in [-0.15, -0.1) is 0 Å². The van der Waals surface area contributed by atoms with Gasteiger partial charge in [0.2, 0.25) is 0 Å². The van der Waals surface area contributed by atoms with Gasteiger partial charge in [0.1, 0.15) is 6.04 Å². The molecule has 3 atom stereocenters. The first kappa shape index (κ1) is 16.4. The number of nitrogens with one attached hydrogen (secondary N) is 1. The number of aliphatic hydroxyl groups excluding tert-OH is 1. The Morgan fingerprint density at radius 3 is 2.96 bits per heavy atom. The maximum atomic E-state index is 12.8. The zero-order valence-electron chi connectivity index (χ0n) is 14.7. The van der Waals surface area contributed by atoms with Gasteiger partial charge in [-0.05, 0) is 43.5 Å². The van der Waals surface area contributed by atoms with Crippen molar-refractivity contribution < 1.29 is 14.6 Å². The van der Waals surface area contributed by atoms with Gasteiger partial charge >= 0.3 is 5.97 Å². The van der Waals surface area contributed by atoms with Crippen molar-refractivity contribution in [2.24, 2.45) is 5.92 Å². The molecule has 2 aromatic rings. The number of aliphatic hydroxyl groups is 1. The molecule has 132 valence electrons.